The van der Waals surface area contributed by atoms with Crippen LogP contribution in [0.2, 0.25) is 0 Å². The number of urea groups is 1. The Morgan fingerprint density at radius 2 is 1.70 bits per heavy atom. The number of benzene rings is 1. The minimum atomic E-state index is -1.40. The number of allylic oxidation sites excluding steroid dienone is 2. The second-order valence-corrected chi connectivity index (χ2v) is 17.2. The summed E-state index contributed by atoms with van der Waals surface area (Å²) in [6.07, 6.45) is 3.17. The molecule has 0 bridgehead atoms. The molecule has 2 aliphatic carbocycles. The van der Waals surface area contributed by atoms with Crippen LogP contribution in [0.5, 0.6) is 0 Å². The van der Waals surface area contributed by atoms with E-state index in [1.165, 1.54) is 13.8 Å². The van der Waals surface area contributed by atoms with E-state index in [2.05, 4.69) is 10.6 Å². The second kappa shape index (κ2) is 16.5. The van der Waals surface area contributed by atoms with Crippen molar-refractivity contribution in [3.63, 3.8) is 0 Å². The average Bonchev–Trinajstić information content (AvgIpc) is 3.04. The molecular formula is C42H60N2O10. The van der Waals surface area contributed by atoms with Crippen molar-refractivity contribution < 1.29 is 48.0 Å². The fourth-order valence-corrected chi connectivity index (χ4v) is 8.27. The number of Topliss-reactive ketones (excluding diaryl/α,β-unsaturated/α-hetero) is 2. The number of esters is 2. The van der Waals surface area contributed by atoms with Crippen molar-refractivity contribution in [3.05, 3.63) is 59.4 Å². The Labute approximate surface area is 319 Å². The van der Waals surface area contributed by atoms with Gasteiger partial charge in [-0.1, -0.05) is 63.3 Å². The molecule has 1 fully saturated rings. The van der Waals surface area contributed by atoms with E-state index in [-0.39, 0.29) is 50.5 Å². The van der Waals surface area contributed by atoms with Crippen LogP contribution < -0.4 is 10.6 Å². The van der Waals surface area contributed by atoms with E-state index in [0.29, 0.717) is 18.6 Å². The van der Waals surface area contributed by atoms with E-state index in [9.17, 15) is 29.1 Å². The monoisotopic (exact) mass is 752 g/mol. The molecule has 2 amide bonds. The van der Waals surface area contributed by atoms with Gasteiger partial charge in [0.1, 0.15) is 24.6 Å². The lowest BCUT2D eigenvalue weighted by Gasteiger charge is -2.58. The molecule has 1 aliphatic heterocycles. The van der Waals surface area contributed by atoms with Crippen molar-refractivity contribution in [3.8, 4) is 0 Å². The Morgan fingerprint density at radius 3 is 2.26 bits per heavy atom. The maximum absolute atomic E-state index is 14.4. The first-order valence-electron chi connectivity index (χ1n) is 19.0. The molecule has 0 radical (unpaired) electrons. The van der Waals surface area contributed by atoms with Crippen molar-refractivity contribution in [2.24, 2.45) is 16.7 Å². The van der Waals surface area contributed by atoms with Crippen molar-refractivity contribution in [1.29, 1.82) is 0 Å². The summed E-state index contributed by atoms with van der Waals surface area (Å²) in [6.45, 7) is 17.6. The highest BCUT2D eigenvalue weighted by molar-refractivity contribution is 5.91. The minimum Gasteiger partial charge on any atom is -0.453 e. The Kier molecular flexibility index (Phi) is 13.1. The first-order chi connectivity index (χ1) is 25.1. The molecule has 1 heterocycles. The van der Waals surface area contributed by atoms with Gasteiger partial charge in [-0.25, -0.2) is 4.79 Å². The largest absolute Gasteiger partial charge is 0.453 e. The predicted octanol–water partition coefficient (Wildman–Crippen LogP) is 6.21. The number of ether oxygens (including phenoxy) is 4. The molecule has 4 rings (SSSR count). The zero-order valence-electron chi connectivity index (χ0n) is 33.6. The number of hydrogen-bond donors (Lipinski definition) is 3. The summed E-state index contributed by atoms with van der Waals surface area (Å²) in [6, 6.07) is 8.09. The molecular weight excluding hydrogens is 692 g/mol. The first kappa shape index (κ1) is 42.9. The molecule has 12 nitrogen and oxygen atoms in total. The van der Waals surface area contributed by atoms with Gasteiger partial charge in [0.25, 0.3) is 0 Å². The van der Waals surface area contributed by atoms with Crippen molar-refractivity contribution >= 4 is 29.5 Å². The summed E-state index contributed by atoms with van der Waals surface area (Å²) in [5, 5.41) is 18.3. The number of ketones is 2. The van der Waals surface area contributed by atoms with Crippen molar-refractivity contribution in [2.45, 2.75) is 143 Å². The Bertz CT molecular complexity index is 1650. The molecule has 1 aromatic carbocycles. The molecule has 1 aromatic rings. The SMILES string of the molecule is CC[C@@H](OCC(C)=O)C(=O)[C@]1(C)C=C[C@H]2OC[C@@]2(OC(C)=O)C1CC[C@]1(O)CC(OC(=O)C[C@@H](NC(=O)NC(C)(C)C)c2ccccc2)=C(C)CC1(C)C. The molecule has 3 N–H and O–H groups in total. The van der Waals surface area contributed by atoms with Crippen LogP contribution in [-0.2, 0) is 38.1 Å². The molecule has 1 saturated heterocycles. The summed E-state index contributed by atoms with van der Waals surface area (Å²) >= 11 is 0. The van der Waals surface area contributed by atoms with Crippen LogP contribution in [0, 0.1) is 16.7 Å². The Hall–Kier alpha value is -3.87. The Morgan fingerprint density at radius 1 is 1.04 bits per heavy atom. The molecule has 7 atom stereocenters. The van der Waals surface area contributed by atoms with Crippen LogP contribution in [-0.4, -0.2) is 76.8 Å². The standard InChI is InChI=1S/C42H60N2O10/c1-11-31(51-24-27(3)45)36(48)40(10)19-18-34-42(25-52-34,54-28(4)46)33(40)17-20-41(50)23-32(26(2)22-39(41,8)9)53-35(47)21-30(29-15-13-12-14-16-29)43-37(49)44-38(5,6)7/h12-16,18-19,30-31,33-34,50H,11,17,20-25H2,1-10H3,(H2,43,44,49)/t30-,31-,33?,34-,40-,41+,42-/m1/s1. The maximum Gasteiger partial charge on any atom is 0.315 e. The minimum absolute atomic E-state index is 0.0263. The highest BCUT2D eigenvalue weighted by Gasteiger charge is 2.65. The fourth-order valence-electron chi connectivity index (χ4n) is 8.27. The molecule has 0 aromatic heterocycles. The third-order valence-corrected chi connectivity index (χ3v) is 11.3. The molecule has 1 unspecified atom stereocenters. The van der Waals surface area contributed by atoms with E-state index in [1.807, 2.05) is 78.8 Å². The summed E-state index contributed by atoms with van der Waals surface area (Å²) in [7, 11) is 0. The first-order valence-corrected chi connectivity index (χ1v) is 19.0. The highest BCUT2D eigenvalue weighted by atomic mass is 16.6. The van der Waals surface area contributed by atoms with Crippen LogP contribution in [0.3, 0.4) is 0 Å². The summed E-state index contributed by atoms with van der Waals surface area (Å²) in [5.74, 6) is -1.78. The molecule has 3 aliphatic rings. The summed E-state index contributed by atoms with van der Waals surface area (Å²) < 4.78 is 23.7. The fraction of sp³-hybridized carbons (Fsp3) is 0.643. The van der Waals surface area contributed by atoms with Gasteiger partial charge in [0.15, 0.2) is 17.2 Å². The number of fused-ring (bicyclic) bond motifs is 1. The number of amides is 2. The smallest absolute Gasteiger partial charge is 0.315 e. The number of nitrogens with one attached hydrogen (secondary N) is 2. The van der Waals surface area contributed by atoms with Gasteiger partial charge in [0.2, 0.25) is 0 Å². The number of rotatable bonds is 15. The zero-order valence-corrected chi connectivity index (χ0v) is 33.6. The lowest BCUT2D eigenvalue weighted by molar-refractivity contribution is -0.275. The van der Waals surface area contributed by atoms with Crippen LogP contribution in [0.4, 0.5) is 4.79 Å². The van der Waals surface area contributed by atoms with Gasteiger partial charge >= 0.3 is 18.0 Å². The molecule has 298 valence electrons. The van der Waals surface area contributed by atoms with Gasteiger partial charge < -0.3 is 34.7 Å². The number of hydrogen-bond acceptors (Lipinski definition) is 10. The summed E-state index contributed by atoms with van der Waals surface area (Å²) in [5.41, 5.74) is -3.34. The van der Waals surface area contributed by atoms with E-state index in [1.54, 1.807) is 19.1 Å². The molecule has 0 saturated carbocycles. The van der Waals surface area contributed by atoms with Gasteiger partial charge in [-0.05, 0) is 83.8 Å². The molecule has 54 heavy (non-hydrogen) atoms. The van der Waals surface area contributed by atoms with Gasteiger partial charge in [0, 0.05) is 24.8 Å². The predicted molar refractivity (Wildman–Crippen MR) is 202 cm³/mol. The third kappa shape index (κ3) is 9.49. The van der Waals surface area contributed by atoms with Crippen molar-refractivity contribution in [1.82, 2.24) is 10.6 Å². The highest BCUT2D eigenvalue weighted by Crippen LogP contribution is 2.56. The molecule has 0 spiro atoms. The zero-order chi connectivity index (χ0) is 40.3. The van der Waals surface area contributed by atoms with Gasteiger partial charge in [0.05, 0.1) is 30.1 Å². The van der Waals surface area contributed by atoms with Crippen LogP contribution in [0.25, 0.3) is 0 Å². The average molecular weight is 753 g/mol. The van der Waals surface area contributed by atoms with Crippen LogP contribution >= 0.6 is 0 Å². The third-order valence-electron chi connectivity index (χ3n) is 11.3. The van der Waals surface area contributed by atoms with Crippen LogP contribution in [0.1, 0.15) is 119 Å². The van der Waals surface area contributed by atoms with Crippen LogP contribution in [0.15, 0.2) is 53.8 Å². The topological polar surface area (TPSA) is 167 Å². The number of carbonyl (C=O) groups excluding carboxylic acids is 5. The van der Waals surface area contributed by atoms with Gasteiger partial charge in [-0.2, -0.15) is 0 Å². The number of aliphatic hydroxyl groups is 1. The molecule has 12 heteroatoms. The van der Waals surface area contributed by atoms with E-state index in [4.69, 9.17) is 18.9 Å². The van der Waals surface area contributed by atoms with E-state index >= 15 is 0 Å². The second-order valence-electron chi connectivity index (χ2n) is 17.2. The normalized spacial score (nSPS) is 28.5. The quantitative estimate of drug-likeness (QED) is 0.139. The van der Waals surface area contributed by atoms with E-state index in [0.717, 1.165) is 11.1 Å². The lowest BCUT2D eigenvalue weighted by atomic mass is 9.55. The Balaban J connectivity index is 1.59. The van der Waals surface area contributed by atoms with Gasteiger partial charge in [-0.3, -0.25) is 19.2 Å². The van der Waals surface area contributed by atoms with Gasteiger partial charge in [-0.15, -0.1) is 0 Å². The summed E-state index contributed by atoms with van der Waals surface area (Å²) in [4.78, 5) is 65.1. The number of carbonyl (C=O) groups is 5. The van der Waals surface area contributed by atoms with Crippen molar-refractivity contribution in [2.75, 3.05) is 13.2 Å². The van der Waals surface area contributed by atoms with E-state index < -0.39 is 69.7 Å². The lowest BCUT2D eigenvalue weighted by Crippen LogP contribution is -2.70. The maximum atomic E-state index is 14.4.